The van der Waals surface area contributed by atoms with Crippen LogP contribution in [0.5, 0.6) is 0 Å². The largest absolute Gasteiger partial charge is 0.134 e. The molecule has 0 N–H and O–H groups in total. The van der Waals surface area contributed by atoms with Crippen molar-refractivity contribution in [3.05, 3.63) is 182 Å². The van der Waals surface area contributed by atoms with Crippen molar-refractivity contribution in [2.24, 2.45) is 0 Å². The van der Waals surface area contributed by atoms with Crippen molar-refractivity contribution in [3.8, 4) is 66.8 Å². The van der Waals surface area contributed by atoms with Gasteiger partial charge in [-0.1, -0.05) is 152 Å². The molecule has 11 aromatic carbocycles. The molecule has 0 unspecified atom stereocenters. The Bertz CT molecular complexity index is 3780. The van der Waals surface area contributed by atoms with Crippen molar-refractivity contribution >= 4 is 85.4 Å². The predicted molar refractivity (Wildman–Crippen MR) is 247 cm³/mol. The Morgan fingerprint density at radius 1 is 0.228 bits per heavy atom. The maximum absolute atomic E-state index is 2.53. The lowest BCUT2D eigenvalue weighted by Gasteiger charge is -2.17. The molecule has 1 heteroatoms. The smallest absolute Gasteiger partial charge is 0.0434 e. The summed E-state index contributed by atoms with van der Waals surface area (Å²) in [6, 6.07) is 68.9. The summed E-state index contributed by atoms with van der Waals surface area (Å²) in [7, 11) is 0. The zero-order valence-corrected chi connectivity index (χ0v) is 31.5. The predicted octanol–water partition coefficient (Wildman–Crippen LogP) is 16.4. The maximum Gasteiger partial charge on any atom is 0.0434 e. The molecule has 14 rings (SSSR count). The van der Waals surface area contributed by atoms with Gasteiger partial charge in [-0.05, 0) is 145 Å². The molecule has 0 fully saturated rings. The molecule has 0 nitrogen and oxygen atoms in total. The Morgan fingerprint density at radius 3 is 1.33 bits per heavy atom. The summed E-state index contributed by atoms with van der Waals surface area (Å²) in [6.07, 6.45) is 0. The fraction of sp³-hybridized carbons (Fsp3) is 0. The van der Waals surface area contributed by atoms with Crippen molar-refractivity contribution in [2.75, 3.05) is 0 Å². The molecule has 2 aliphatic carbocycles. The molecule has 260 valence electrons. The molecule has 2 aliphatic rings. The second kappa shape index (κ2) is 10.8. The first-order valence-electron chi connectivity index (χ1n) is 19.8. The van der Waals surface area contributed by atoms with Gasteiger partial charge in [0.1, 0.15) is 0 Å². The first kappa shape index (κ1) is 30.2. The third kappa shape index (κ3) is 3.92. The summed E-state index contributed by atoms with van der Waals surface area (Å²) in [6.45, 7) is 0. The van der Waals surface area contributed by atoms with Crippen LogP contribution in [-0.2, 0) is 0 Å². The van der Waals surface area contributed by atoms with Gasteiger partial charge in [0.15, 0.2) is 0 Å². The number of rotatable bonds is 2. The van der Waals surface area contributed by atoms with Crippen LogP contribution >= 0.6 is 11.3 Å². The Kier molecular flexibility index (Phi) is 5.73. The van der Waals surface area contributed by atoms with Gasteiger partial charge in [0.05, 0.1) is 0 Å². The number of benzene rings is 11. The van der Waals surface area contributed by atoms with Crippen LogP contribution in [0.25, 0.3) is 141 Å². The van der Waals surface area contributed by atoms with Crippen LogP contribution in [0.15, 0.2) is 182 Å². The molecule has 0 saturated heterocycles. The second-order valence-electron chi connectivity index (χ2n) is 15.9. The molecular formula is C56H30S. The number of hydrogen-bond donors (Lipinski definition) is 0. The molecule has 0 saturated carbocycles. The molecule has 0 radical (unpaired) electrons. The average molecular weight is 735 g/mol. The lowest BCUT2D eigenvalue weighted by Crippen LogP contribution is -1.89. The van der Waals surface area contributed by atoms with E-state index in [2.05, 4.69) is 182 Å². The van der Waals surface area contributed by atoms with Crippen molar-refractivity contribution in [2.45, 2.75) is 0 Å². The lowest BCUT2D eigenvalue weighted by atomic mass is 9.87. The minimum atomic E-state index is 1.26. The second-order valence-corrected chi connectivity index (χ2v) is 16.9. The highest BCUT2D eigenvalue weighted by molar-refractivity contribution is 7.26. The molecule has 57 heavy (non-hydrogen) atoms. The fourth-order valence-electron chi connectivity index (χ4n) is 10.6. The van der Waals surface area contributed by atoms with Gasteiger partial charge >= 0.3 is 0 Å². The third-order valence-electron chi connectivity index (χ3n) is 13.1. The summed E-state index contributed by atoms with van der Waals surface area (Å²) in [5, 5.41) is 15.8. The van der Waals surface area contributed by atoms with Crippen molar-refractivity contribution in [1.82, 2.24) is 0 Å². The van der Waals surface area contributed by atoms with E-state index in [4.69, 9.17) is 0 Å². The summed E-state index contributed by atoms with van der Waals surface area (Å²) in [5.41, 5.74) is 15.8. The Morgan fingerprint density at radius 2 is 0.702 bits per heavy atom. The molecule has 0 bridgehead atoms. The first-order chi connectivity index (χ1) is 28.3. The van der Waals surface area contributed by atoms with E-state index in [1.807, 2.05) is 11.3 Å². The summed E-state index contributed by atoms with van der Waals surface area (Å²) < 4.78 is 2.68. The number of hydrogen-bond acceptors (Lipinski definition) is 1. The normalized spacial score (nSPS) is 12.6. The Labute approximate surface area is 332 Å². The van der Waals surface area contributed by atoms with Crippen LogP contribution in [0, 0.1) is 0 Å². The van der Waals surface area contributed by atoms with Gasteiger partial charge in [0.25, 0.3) is 0 Å². The van der Waals surface area contributed by atoms with E-state index in [0.29, 0.717) is 0 Å². The number of thiophene rings is 1. The minimum Gasteiger partial charge on any atom is -0.134 e. The van der Waals surface area contributed by atoms with Crippen molar-refractivity contribution in [3.63, 3.8) is 0 Å². The zero-order valence-electron chi connectivity index (χ0n) is 30.7. The standard InChI is InChI=1S/C56H30S/c1-2-10-31(11-3-1)35-16-8-21-41-42-22-9-23-43(56(42)57-55(35)41)51-28-46-36(47-29-49-39-19-6-14-33-15-7-20-40(54(33)39)50(49)30-52(47)51)25-24-34-26-45-37-17-4-12-32-13-5-18-38(53(32)37)48(45)27-44(34)46/h1-30H. The van der Waals surface area contributed by atoms with Gasteiger partial charge in [-0.3, -0.25) is 0 Å². The molecule has 1 heterocycles. The SMILES string of the molecule is c1ccc(-c2cccc3c2sc2c(-c4cc5c6cc7c(cc6ccc5c5cc6c(cc45)-c4cccc5cccc-6c45)-c4cccc5cccc-7c45)cccc23)cc1. The van der Waals surface area contributed by atoms with E-state index in [1.54, 1.807) is 0 Å². The zero-order chi connectivity index (χ0) is 36.9. The summed E-state index contributed by atoms with van der Waals surface area (Å²) >= 11 is 1.94. The number of fused-ring (bicyclic) bond motifs is 14. The van der Waals surface area contributed by atoms with Crippen LogP contribution in [0.4, 0.5) is 0 Å². The van der Waals surface area contributed by atoms with Crippen molar-refractivity contribution < 1.29 is 0 Å². The first-order valence-corrected chi connectivity index (χ1v) is 20.6. The molecule has 12 aromatic rings. The highest BCUT2D eigenvalue weighted by atomic mass is 32.1. The third-order valence-corrected chi connectivity index (χ3v) is 14.4. The van der Waals surface area contributed by atoms with Gasteiger partial charge in [0, 0.05) is 25.7 Å². The van der Waals surface area contributed by atoms with Gasteiger partial charge in [-0.2, -0.15) is 0 Å². The fourth-order valence-corrected chi connectivity index (χ4v) is 12.0. The van der Waals surface area contributed by atoms with E-state index < -0.39 is 0 Å². The van der Waals surface area contributed by atoms with Crippen LogP contribution < -0.4 is 0 Å². The lowest BCUT2D eigenvalue weighted by molar-refractivity contribution is 1.67. The Balaban J connectivity index is 1.12. The van der Waals surface area contributed by atoms with Crippen LogP contribution in [0.3, 0.4) is 0 Å². The maximum atomic E-state index is 2.53. The monoisotopic (exact) mass is 734 g/mol. The van der Waals surface area contributed by atoms with Gasteiger partial charge in [0.2, 0.25) is 0 Å². The molecule has 0 atom stereocenters. The van der Waals surface area contributed by atoms with E-state index in [-0.39, 0.29) is 0 Å². The summed E-state index contributed by atoms with van der Waals surface area (Å²) in [5.74, 6) is 0. The van der Waals surface area contributed by atoms with Crippen LogP contribution in [-0.4, -0.2) is 0 Å². The van der Waals surface area contributed by atoms with E-state index in [9.17, 15) is 0 Å². The molecule has 0 amide bonds. The minimum absolute atomic E-state index is 1.26. The van der Waals surface area contributed by atoms with Crippen molar-refractivity contribution in [1.29, 1.82) is 0 Å². The van der Waals surface area contributed by atoms with E-state index >= 15 is 0 Å². The Hall–Kier alpha value is -7.06. The van der Waals surface area contributed by atoms with Gasteiger partial charge < -0.3 is 0 Å². The van der Waals surface area contributed by atoms with Crippen LogP contribution in [0.1, 0.15) is 0 Å². The highest BCUT2D eigenvalue weighted by Crippen LogP contribution is 2.54. The quantitative estimate of drug-likeness (QED) is 0.155. The highest BCUT2D eigenvalue weighted by Gasteiger charge is 2.26. The van der Waals surface area contributed by atoms with E-state index in [1.165, 1.54) is 141 Å². The van der Waals surface area contributed by atoms with Crippen LogP contribution in [0.2, 0.25) is 0 Å². The molecular weight excluding hydrogens is 705 g/mol. The average Bonchev–Trinajstić information content (AvgIpc) is 3.92. The van der Waals surface area contributed by atoms with Gasteiger partial charge in [-0.15, -0.1) is 11.3 Å². The molecule has 0 spiro atoms. The summed E-state index contributed by atoms with van der Waals surface area (Å²) in [4.78, 5) is 0. The topological polar surface area (TPSA) is 0 Å². The molecule has 1 aromatic heterocycles. The van der Waals surface area contributed by atoms with E-state index in [0.717, 1.165) is 0 Å². The van der Waals surface area contributed by atoms with Gasteiger partial charge in [-0.25, -0.2) is 0 Å². The molecule has 0 aliphatic heterocycles.